The molecule has 0 saturated heterocycles. The van der Waals surface area contributed by atoms with Crippen LogP contribution in [0.5, 0.6) is 0 Å². The predicted molar refractivity (Wildman–Crippen MR) is 70.6 cm³/mol. The maximum Gasteiger partial charge on any atom is 0.339 e. The van der Waals surface area contributed by atoms with E-state index in [1.165, 1.54) is 20.1 Å². The Kier molecular flexibility index (Phi) is 5.92. The van der Waals surface area contributed by atoms with E-state index in [4.69, 9.17) is 15.2 Å². The Bertz CT molecular complexity index is 473. The van der Waals surface area contributed by atoms with Crippen molar-refractivity contribution in [2.24, 2.45) is 0 Å². The molecule has 3 N–H and O–H groups in total. The molecule has 6 nitrogen and oxygen atoms in total. The summed E-state index contributed by atoms with van der Waals surface area (Å²) in [4.78, 5) is 23.3. The van der Waals surface area contributed by atoms with Gasteiger partial charge in [-0.3, -0.25) is 4.79 Å². The molecule has 0 aliphatic carbocycles. The molecule has 1 unspecified atom stereocenters. The van der Waals surface area contributed by atoms with Gasteiger partial charge in [-0.25, -0.2) is 9.18 Å². The van der Waals surface area contributed by atoms with Crippen molar-refractivity contribution in [2.75, 3.05) is 26.0 Å². The second kappa shape index (κ2) is 7.44. The Labute approximate surface area is 116 Å². The van der Waals surface area contributed by atoms with Crippen LogP contribution >= 0.6 is 0 Å². The smallest absolute Gasteiger partial charge is 0.339 e. The second-order valence-electron chi connectivity index (χ2n) is 4.10. The Balaban J connectivity index is 2.58. The number of rotatable bonds is 6. The lowest BCUT2D eigenvalue weighted by atomic mass is 10.2. The van der Waals surface area contributed by atoms with Gasteiger partial charge in [0.2, 0.25) is 0 Å². The summed E-state index contributed by atoms with van der Waals surface area (Å²) in [5.41, 5.74) is 5.49. The van der Waals surface area contributed by atoms with Crippen LogP contribution in [0.2, 0.25) is 0 Å². The van der Waals surface area contributed by atoms with Crippen LogP contribution in [0.25, 0.3) is 0 Å². The van der Waals surface area contributed by atoms with Gasteiger partial charge in [0.05, 0.1) is 12.2 Å². The minimum atomic E-state index is -0.996. The Morgan fingerprint density at radius 3 is 2.70 bits per heavy atom. The number of ether oxygens (including phenoxy) is 2. The second-order valence-corrected chi connectivity index (χ2v) is 4.10. The molecule has 0 bridgehead atoms. The number of nitrogens with one attached hydrogen (secondary N) is 1. The van der Waals surface area contributed by atoms with Crippen LogP contribution in [0.1, 0.15) is 17.3 Å². The van der Waals surface area contributed by atoms with Crippen molar-refractivity contribution >= 4 is 17.6 Å². The van der Waals surface area contributed by atoms with Crippen molar-refractivity contribution in [3.8, 4) is 0 Å². The summed E-state index contributed by atoms with van der Waals surface area (Å²) in [5.74, 6) is -1.92. The largest absolute Gasteiger partial charge is 0.449 e. The third kappa shape index (κ3) is 4.85. The summed E-state index contributed by atoms with van der Waals surface area (Å²) in [6, 6.07) is 3.35. The molecule has 0 heterocycles. The zero-order valence-electron chi connectivity index (χ0n) is 11.3. The molecule has 0 radical (unpaired) electrons. The summed E-state index contributed by atoms with van der Waals surface area (Å²) in [6.45, 7) is 2.08. The van der Waals surface area contributed by atoms with Crippen LogP contribution in [0.3, 0.4) is 0 Å². The molecular formula is C13H17FN2O4. The maximum atomic E-state index is 13.1. The standard InChI is InChI=1S/C13H17FN2O4/c1-8(12(17)16-3-4-19-2)20-13(18)9-5-10(14)7-11(15)6-9/h5-8H,3-4,15H2,1-2H3,(H,16,17). The van der Waals surface area contributed by atoms with Gasteiger partial charge in [0.1, 0.15) is 5.82 Å². The van der Waals surface area contributed by atoms with E-state index in [-0.39, 0.29) is 11.3 Å². The molecule has 0 aliphatic heterocycles. The van der Waals surface area contributed by atoms with Crippen LogP contribution in [-0.4, -0.2) is 38.2 Å². The van der Waals surface area contributed by atoms with Gasteiger partial charge in [-0.05, 0) is 25.1 Å². The number of nitrogens with two attached hydrogens (primary N) is 1. The summed E-state index contributed by atoms with van der Waals surface area (Å²) in [5, 5.41) is 2.52. The van der Waals surface area contributed by atoms with Gasteiger partial charge in [-0.2, -0.15) is 0 Å². The SMILES string of the molecule is COCCNC(=O)C(C)OC(=O)c1cc(N)cc(F)c1. The lowest BCUT2D eigenvalue weighted by Crippen LogP contribution is -2.37. The molecule has 1 atom stereocenters. The first-order valence-electron chi connectivity index (χ1n) is 5.97. The molecule has 0 saturated carbocycles. The van der Waals surface area contributed by atoms with Crippen molar-refractivity contribution in [3.63, 3.8) is 0 Å². The van der Waals surface area contributed by atoms with Gasteiger partial charge in [0, 0.05) is 19.3 Å². The van der Waals surface area contributed by atoms with Crippen molar-refractivity contribution in [2.45, 2.75) is 13.0 Å². The number of benzene rings is 1. The predicted octanol–water partition coefficient (Wildman–Crippen LogP) is 0.716. The molecule has 7 heteroatoms. The third-order valence-electron chi connectivity index (χ3n) is 2.41. The lowest BCUT2D eigenvalue weighted by Gasteiger charge is -2.13. The van der Waals surface area contributed by atoms with Gasteiger partial charge >= 0.3 is 5.97 Å². The van der Waals surface area contributed by atoms with Gasteiger partial charge < -0.3 is 20.5 Å². The highest BCUT2D eigenvalue weighted by molar-refractivity contribution is 5.93. The fourth-order valence-electron chi connectivity index (χ4n) is 1.43. The number of methoxy groups -OCH3 is 1. The number of esters is 1. The lowest BCUT2D eigenvalue weighted by molar-refractivity contribution is -0.129. The van der Waals surface area contributed by atoms with E-state index in [0.29, 0.717) is 13.2 Å². The molecule has 1 aromatic carbocycles. The minimum absolute atomic E-state index is 0.0426. The highest BCUT2D eigenvalue weighted by Crippen LogP contribution is 2.12. The van der Waals surface area contributed by atoms with Crippen LogP contribution in [-0.2, 0) is 14.3 Å². The Hall–Kier alpha value is -2.15. The molecule has 0 aliphatic rings. The fourth-order valence-corrected chi connectivity index (χ4v) is 1.43. The molecule has 0 aromatic heterocycles. The zero-order valence-corrected chi connectivity index (χ0v) is 11.3. The maximum absolute atomic E-state index is 13.1. The summed E-state index contributed by atoms with van der Waals surface area (Å²) in [7, 11) is 1.50. The average Bonchev–Trinajstić information content (AvgIpc) is 2.37. The normalized spacial score (nSPS) is 11.8. The van der Waals surface area contributed by atoms with E-state index in [2.05, 4.69) is 5.32 Å². The van der Waals surface area contributed by atoms with Crippen molar-refractivity contribution in [1.29, 1.82) is 0 Å². The molecular weight excluding hydrogens is 267 g/mol. The molecule has 1 aromatic rings. The number of anilines is 1. The van der Waals surface area contributed by atoms with E-state index in [1.54, 1.807) is 0 Å². The van der Waals surface area contributed by atoms with Gasteiger partial charge in [-0.15, -0.1) is 0 Å². The number of hydrogen-bond acceptors (Lipinski definition) is 5. The molecule has 1 amide bonds. The number of carbonyl (C=O) groups is 2. The average molecular weight is 284 g/mol. The minimum Gasteiger partial charge on any atom is -0.449 e. The number of nitrogen functional groups attached to an aromatic ring is 1. The molecule has 0 spiro atoms. The third-order valence-corrected chi connectivity index (χ3v) is 2.41. The quantitative estimate of drug-likeness (QED) is 0.456. The van der Waals surface area contributed by atoms with Crippen molar-refractivity contribution in [3.05, 3.63) is 29.6 Å². The van der Waals surface area contributed by atoms with Crippen LogP contribution in [0, 0.1) is 5.82 Å². The molecule has 0 fully saturated rings. The first kappa shape index (κ1) is 15.9. The first-order chi connectivity index (χ1) is 9.43. The van der Waals surface area contributed by atoms with E-state index in [1.807, 2.05) is 0 Å². The van der Waals surface area contributed by atoms with Crippen molar-refractivity contribution < 1.29 is 23.5 Å². The van der Waals surface area contributed by atoms with Crippen LogP contribution in [0.4, 0.5) is 10.1 Å². The Morgan fingerprint density at radius 2 is 2.10 bits per heavy atom. The van der Waals surface area contributed by atoms with E-state index in [0.717, 1.165) is 12.1 Å². The first-order valence-corrected chi connectivity index (χ1v) is 5.97. The summed E-state index contributed by atoms with van der Waals surface area (Å²) < 4.78 is 22.8. The molecule has 110 valence electrons. The molecule has 20 heavy (non-hydrogen) atoms. The van der Waals surface area contributed by atoms with E-state index >= 15 is 0 Å². The Morgan fingerprint density at radius 1 is 1.40 bits per heavy atom. The van der Waals surface area contributed by atoms with Gasteiger partial charge in [0.25, 0.3) is 5.91 Å². The summed E-state index contributed by atoms with van der Waals surface area (Å²) in [6.07, 6.45) is -0.996. The highest BCUT2D eigenvalue weighted by Gasteiger charge is 2.19. The van der Waals surface area contributed by atoms with Gasteiger partial charge in [-0.1, -0.05) is 0 Å². The number of amides is 1. The monoisotopic (exact) mass is 284 g/mol. The van der Waals surface area contributed by atoms with Crippen LogP contribution in [0.15, 0.2) is 18.2 Å². The van der Waals surface area contributed by atoms with Crippen molar-refractivity contribution in [1.82, 2.24) is 5.32 Å². The number of hydrogen-bond donors (Lipinski definition) is 2. The van der Waals surface area contributed by atoms with E-state index in [9.17, 15) is 14.0 Å². The fraction of sp³-hybridized carbons (Fsp3) is 0.385. The van der Waals surface area contributed by atoms with Crippen LogP contribution < -0.4 is 11.1 Å². The molecule has 1 rings (SSSR count). The van der Waals surface area contributed by atoms with Gasteiger partial charge in [0.15, 0.2) is 6.10 Å². The topological polar surface area (TPSA) is 90.6 Å². The number of halogens is 1. The summed E-state index contributed by atoms with van der Waals surface area (Å²) >= 11 is 0. The van der Waals surface area contributed by atoms with E-state index < -0.39 is 23.8 Å². The number of carbonyl (C=O) groups excluding carboxylic acids is 2. The highest BCUT2D eigenvalue weighted by atomic mass is 19.1. The zero-order chi connectivity index (χ0) is 15.1.